The second-order valence-corrected chi connectivity index (χ2v) is 9.02. The number of likely N-dealkylation sites (tertiary alicyclic amines) is 1. The minimum Gasteiger partial charge on any atom is -0.334 e. The normalized spacial score (nSPS) is 21.5. The lowest BCUT2D eigenvalue weighted by atomic mass is 9.88. The van der Waals surface area contributed by atoms with E-state index in [1.165, 1.54) is 47.5 Å². The van der Waals surface area contributed by atoms with Gasteiger partial charge in [0.15, 0.2) is 5.16 Å². The van der Waals surface area contributed by atoms with Gasteiger partial charge in [0.05, 0.1) is 5.39 Å². The fourth-order valence-corrected chi connectivity index (χ4v) is 6.20. The highest BCUT2D eigenvalue weighted by atomic mass is 32.2. The van der Waals surface area contributed by atoms with Crippen LogP contribution in [-0.4, -0.2) is 39.9 Å². The maximum Gasteiger partial charge on any atom is 0.281 e. The van der Waals surface area contributed by atoms with E-state index in [0.29, 0.717) is 11.1 Å². The van der Waals surface area contributed by atoms with Gasteiger partial charge in [0.2, 0.25) is 0 Å². The van der Waals surface area contributed by atoms with Gasteiger partial charge in [-0.2, -0.15) is 0 Å². The Morgan fingerprint density at radius 2 is 2.12 bits per heavy atom. The summed E-state index contributed by atoms with van der Waals surface area (Å²) in [7, 11) is 0. The number of hydrogen-bond donors (Lipinski definition) is 1. The summed E-state index contributed by atoms with van der Waals surface area (Å²) in [5.74, 6) is 7.46. The maximum absolute atomic E-state index is 12.8. The fourth-order valence-electron chi connectivity index (χ4n) is 3.90. The zero-order valence-electron chi connectivity index (χ0n) is 14.1. The van der Waals surface area contributed by atoms with Gasteiger partial charge in [-0.15, -0.1) is 11.3 Å². The van der Waals surface area contributed by atoms with Crippen LogP contribution in [0, 0.1) is 0 Å². The van der Waals surface area contributed by atoms with E-state index >= 15 is 0 Å². The molecule has 2 aliphatic rings. The van der Waals surface area contributed by atoms with E-state index in [1.54, 1.807) is 23.1 Å². The average Bonchev–Trinajstić information content (AvgIpc) is 3.20. The van der Waals surface area contributed by atoms with Gasteiger partial charge in [-0.1, -0.05) is 18.7 Å². The second-order valence-electron chi connectivity index (χ2n) is 6.88. The third kappa shape index (κ3) is 2.86. The summed E-state index contributed by atoms with van der Waals surface area (Å²) >= 11 is 3.30. The Bertz CT molecular complexity index is 807. The molecule has 3 heterocycles. The van der Waals surface area contributed by atoms with Crippen molar-refractivity contribution < 1.29 is 0 Å². The maximum atomic E-state index is 12.8. The van der Waals surface area contributed by atoms with Gasteiger partial charge in [0.1, 0.15) is 4.83 Å². The lowest BCUT2D eigenvalue weighted by molar-refractivity contribution is 0.362. The molecule has 24 heavy (non-hydrogen) atoms. The number of thioether (sulfide) groups is 1. The first kappa shape index (κ1) is 16.4. The van der Waals surface area contributed by atoms with Crippen LogP contribution in [0.5, 0.6) is 0 Å². The lowest BCUT2D eigenvalue weighted by Crippen LogP contribution is -2.30. The van der Waals surface area contributed by atoms with Crippen LogP contribution in [-0.2, 0) is 6.42 Å². The van der Waals surface area contributed by atoms with Crippen LogP contribution in [0.25, 0.3) is 10.2 Å². The van der Waals surface area contributed by atoms with E-state index in [-0.39, 0.29) is 5.56 Å². The third-order valence-corrected chi connectivity index (χ3v) is 7.30. The Kier molecular flexibility index (Phi) is 4.58. The molecule has 5 nitrogen and oxygen atoms in total. The topological polar surface area (TPSA) is 64.2 Å². The molecule has 0 spiro atoms. The van der Waals surface area contributed by atoms with Crippen LogP contribution in [0.3, 0.4) is 0 Å². The molecule has 4 rings (SSSR count). The van der Waals surface area contributed by atoms with Crippen molar-refractivity contribution in [3.8, 4) is 0 Å². The second kappa shape index (κ2) is 6.69. The van der Waals surface area contributed by atoms with Crippen LogP contribution < -0.4 is 11.4 Å². The zero-order chi connectivity index (χ0) is 16.7. The van der Waals surface area contributed by atoms with Gasteiger partial charge in [-0.25, -0.2) is 9.66 Å². The quantitative estimate of drug-likeness (QED) is 0.513. The van der Waals surface area contributed by atoms with Gasteiger partial charge in [-0.3, -0.25) is 4.79 Å². The molecule has 7 heteroatoms. The van der Waals surface area contributed by atoms with Gasteiger partial charge in [0, 0.05) is 17.2 Å². The molecule has 1 saturated heterocycles. The minimum absolute atomic E-state index is 0.0741. The molecular weight excluding hydrogens is 340 g/mol. The number of nitrogens with zero attached hydrogens (tertiary/aromatic N) is 3. The van der Waals surface area contributed by atoms with Crippen molar-refractivity contribution in [1.29, 1.82) is 0 Å². The van der Waals surface area contributed by atoms with Crippen LogP contribution in [0.1, 0.15) is 49.0 Å². The average molecular weight is 365 g/mol. The van der Waals surface area contributed by atoms with Crippen molar-refractivity contribution >= 4 is 33.3 Å². The van der Waals surface area contributed by atoms with Crippen molar-refractivity contribution in [2.75, 3.05) is 31.2 Å². The molecule has 0 saturated carbocycles. The van der Waals surface area contributed by atoms with Gasteiger partial charge in [0.25, 0.3) is 5.56 Å². The Labute approximate surface area is 150 Å². The smallest absolute Gasteiger partial charge is 0.281 e. The first-order valence-electron chi connectivity index (χ1n) is 8.83. The molecule has 2 aromatic heterocycles. The Morgan fingerprint density at radius 3 is 2.92 bits per heavy atom. The van der Waals surface area contributed by atoms with E-state index < -0.39 is 0 Å². The monoisotopic (exact) mass is 364 g/mol. The minimum atomic E-state index is -0.0741. The number of fused-ring (bicyclic) bond motifs is 3. The molecule has 2 N–H and O–H groups in total. The molecule has 1 fully saturated rings. The summed E-state index contributed by atoms with van der Waals surface area (Å²) in [4.78, 5) is 22.3. The highest BCUT2D eigenvalue weighted by molar-refractivity contribution is 7.99. The highest BCUT2D eigenvalue weighted by Crippen LogP contribution is 2.40. The van der Waals surface area contributed by atoms with Crippen molar-refractivity contribution in [2.45, 2.75) is 50.1 Å². The summed E-state index contributed by atoms with van der Waals surface area (Å²) in [6, 6.07) is 0. The molecule has 1 atom stereocenters. The first-order chi connectivity index (χ1) is 11.6. The van der Waals surface area contributed by atoms with Gasteiger partial charge >= 0.3 is 0 Å². The molecule has 0 radical (unpaired) electrons. The SMILES string of the molecule is C[C@H]1CCCc2sc3nc(SCCN4CCCC4)n(N)c(=O)c3c21. The summed E-state index contributed by atoms with van der Waals surface area (Å²) < 4.78 is 1.27. The summed E-state index contributed by atoms with van der Waals surface area (Å²) in [5.41, 5.74) is 1.14. The van der Waals surface area contributed by atoms with E-state index in [1.807, 2.05) is 0 Å². The van der Waals surface area contributed by atoms with Crippen molar-refractivity contribution in [3.05, 3.63) is 20.8 Å². The standard InChI is InChI=1S/C17H24N4OS2/c1-11-5-4-6-12-13(11)14-15(24-12)19-17(21(18)16(14)22)23-10-9-20-7-2-3-8-20/h11H,2-10,18H2,1H3/t11-/m0/s1. The fraction of sp³-hybridized carbons (Fsp3) is 0.647. The van der Waals surface area contributed by atoms with Crippen LogP contribution >= 0.6 is 23.1 Å². The molecule has 130 valence electrons. The number of nitrogen functional groups attached to an aromatic ring is 1. The molecule has 1 aliphatic heterocycles. The number of nitrogens with two attached hydrogens (primary N) is 1. The van der Waals surface area contributed by atoms with E-state index in [9.17, 15) is 4.79 Å². The predicted octanol–water partition coefficient (Wildman–Crippen LogP) is 2.80. The molecule has 0 bridgehead atoms. The number of aromatic nitrogens is 2. The van der Waals surface area contributed by atoms with Crippen molar-refractivity contribution in [1.82, 2.24) is 14.6 Å². The molecule has 0 aromatic carbocycles. The van der Waals surface area contributed by atoms with Crippen LogP contribution in [0.2, 0.25) is 0 Å². The molecule has 0 amide bonds. The molecular formula is C17H24N4OS2. The lowest BCUT2D eigenvalue weighted by Gasteiger charge is -2.18. The number of rotatable bonds is 4. The number of thiophene rings is 1. The Balaban J connectivity index is 1.63. The van der Waals surface area contributed by atoms with Crippen LogP contribution in [0.15, 0.2) is 9.95 Å². The third-order valence-electron chi connectivity index (χ3n) is 5.21. The summed E-state index contributed by atoms with van der Waals surface area (Å²) in [6.45, 7) is 5.63. The van der Waals surface area contributed by atoms with E-state index in [0.717, 1.165) is 35.4 Å². The molecule has 2 aromatic rings. The Hall–Kier alpha value is -1.05. The van der Waals surface area contributed by atoms with Crippen LogP contribution in [0.4, 0.5) is 0 Å². The van der Waals surface area contributed by atoms with E-state index in [2.05, 4.69) is 11.8 Å². The molecule has 0 unspecified atom stereocenters. The largest absolute Gasteiger partial charge is 0.334 e. The zero-order valence-corrected chi connectivity index (χ0v) is 15.7. The van der Waals surface area contributed by atoms with E-state index in [4.69, 9.17) is 10.8 Å². The predicted molar refractivity (Wildman–Crippen MR) is 102 cm³/mol. The Morgan fingerprint density at radius 1 is 1.33 bits per heavy atom. The van der Waals surface area contributed by atoms with Gasteiger partial charge in [-0.05, 0) is 56.7 Å². The van der Waals surface area contributed by atoms with Crippen molar-refractivity contribution in [3.63, 3.8) is 0 Å². The summed E-state index contributed by atoms with van der Waals surface area (Å²) in [5, 5.41) is 1.42. The summed E-state index contributed by atoms with van der Waals surface area (Å²) in [6.07, 6.45) is 6.03. The van der Waals surface area contributed by atoms with Gasteiger partial charge < -0.3 is 10.7 Å². The number of hydrogen-bond acceptors (Lipinski definition) is 6. The van der Waals surface area contributed by atoms with Crippen molar-refractivity contribution in [2.24, 2.45) is 0 Å². The first-order valence-corrected chi connectivity index (χ1v) is 10.6. The highest BCUT2D eigenvalue weighted by Gasteiger charge is 2.26. The molecule has 1 aliphatic carbocycles. The number of aryl methyl sites for hydroxylation is 1.